The second-order valence-corrected chi connectivity index (χ2v) is 3.35. The number of carbonyl (C=O) groups excluding carboxylic acids is 1. The molecule has 0 radical (unpaired) electrons. The highest BCUT2D eigenvalue weighted by atomic mass is 16.5. The molecule has 2 rings (SSSR count). The van der Waals surface area contributed by atoms with Gasteiger partial charge < -0.3 is 15.2 Å². The number of methoxy groups -OCH3 is 1. The van der Waals surface area contributed by atoms with Gasteiger partial charge in [0.15, 0.2) is 17.8 Å². The van der Waals surface area contributed by atoms with E-state index in [4.69, 9.17) is 15.2 Å². The summed E-state index contributed by atoms with van der Waals surface area (Å²) in [5, 5.41) is 0. The van der Waals surface area contributed by atoms with Crippen molar-refractivity contribution in [2.45, 2.75) is 0 Å². The summed E-state index contributed by atoms with van der Waals surface area (Å²) in [6.07, 6.45) is 1.78. The van der Waals surface area contributed by atoms with Gasteiger partial charge in [-0.1, -0.05) is 12.1 Å². The largest absolute Gasteiger partial charge is 0.493 e. The summed E-state index contributed by atoms with van der Waals surface area (Å²) >= 11 is 0. The van der Waals surface area contributed by atoms with Crippen molar-refractivity contribution in [2.75, 3.05) is 12.8 Å². The standard InChI is InChI=1S/C12H11N3O3/c1-17-9-4-2-3-5-10(9)18-12-8(6-16)11(13)14-7-15-12/h2-7H,1H3,(H2,13,14,15). The molecule has 92 valence electrons. The van der Waals surface area contributed by atoms with Crippen LogP contribution in [-0.2, 0) is 0 Å². The van der Waals surface area contributed by atoms with E-state index < -0.39 is 0 Å². The minimum Gasteiger partial charge on any atom is -0.493 e. The Kier molecular flexibility index (Phi) is 3.38. The number of hydrogen-bond donors (Lipinski definition) is 1. The maximum Gasteiger partial charge on any atom is 0.235 e. The molecule has 2 aromatic rings. The lowest BCUT2D eigenvalue weighted by Gasteiger charge is -2.10. The fraction of sp³-hybridized carbons (Fsp3) is 0.0833. The SMILES string of the molecule is COc1ccccc1Oc1ncnc(N)c1C=O. The molecule has 0 saturated heterocycles. The lowest BCUT2D eigenvalue weighted by atomic mass is 10.3. The van der Waals surface area contributed by atoms with Crippen LogP contribution >= 0.6 is 0 Å². The molecule has 0 amide bonds. The average Bonchev–Trinajstić information content (AvgIpc) is 2.40. The van der Waals surface area contributed by atoms with Gasteiger partial charge in [0.2, 0.25) is 5.88 Å². The quantitative estimate of drug-likeness (QED) is 0.824. The minimum atomic E-state index is 0.0740. The predicted octanol–water partition coefficient (Wildman–Crippen LogP) is 1.67. The molecular weight excluding hydrogens is 234 g/mol. The summed E-state index contributed by atoms with van der Waals surface area (Å²) in [5.74, 6) is 1.15. The third kappa shape index (κ3) is 2.22. The van der Waals surface area contributed by atoms with Crippen molar-refractivity contribution in [1.29, 1.82) is 0 Å². The molecule has 1 aromatic carbocycles. The number of ether oxygens (including phenoxy) is 2. The zero-order valence-electron chi connectivity index (χ0n) is 9.66. The average molecular weight is 245 g/mol. The Balaban J connectivity index is 2.40. The van der Waals surface area contributed by atoms with Crippen molar-refractivity contribution >= 4 is 12.1 Å². The van der Waals surface area contributed by atoms with Gasteiger partial charge in [-0.2, -0.15) is 0 Å². The summed E-state index contributed by atoms with van der Waals surface area (Å²) in [6.45, 7) is 0. The Morgan fingerprint density at radius 1 is 1.22 bits per heavy atom. The Bertz CT molecular complexity index is 572. The fourth-order valence-electron chi connectivity index (χ4n) is 1.39. The van der Waals surface area contributed by atoms with Crippen molar-refractivity contribution < 1.29 is 14.3 Å². The highest BCUT2D eigenvalue weighted by Crippen LogP contribution is 2.31. The molecule has 0 aliphatic rings. The van der Waals surface area contributed by atoms with E-state index in [2.05, 4.69) is 9.97 Å². The summed E-state index contributed by atoms with van der Waals surface area (Å²) in [4.78, 5) is 18.5. The lowest BCUT2D eigenvalue weighted by Crippen LogP contribution is -2.02. The van der Waals surface area contributed by atoms with Crippen molar-refractivity contribution in [2.24, 2.45) is 0 Å². The number of aldehydes is 1. The van der Waals surface area contributed by atoms with Gasteiger partial charge in [-0.05, 0) is 12.1 Å². The number of carbonyl (C=O) groups is 1. The lowest BCUT2D eigenvalue weighted by molar-refractivity contribution is 0.112. The minimum absolute atomic E-state index is 0.0740. The first-order valence-corrected chi connectivity index (χ1v) is 5.12. The van der Waals surface area contributed by atoms with Gasteiger partial charge in [0.25, 0.3) is 0 Å². The van der Waals surface area contributed by atoms with E-state index in [-0.39, 0.29) is 17.3 Å². The van der Waals surface area contributed by atoms with Gasteiger partial charge >= 0.3 is 0 Å². The van der Waals surface area contributed by atoms with Crippen molar-refractivity contribution in [3.05, 3.63) is 36.2 Å². The number of anilines is 1. The first-order valence-electron chi connectivity index (χ1n) is 5.12. The van der Waals surface area contributed by atoms with Gasteiger partial charge in [-0.15, -0.1) is 0 Å². The van der Waals surface area contributed by atoms with Crippen molar-refractivity contribution in [1.82, 2.24) is 9.97 Å². The number of nitrogens with zero attached hydrogens (tertiary/aromatic N) is 2. The predicted molar refractivity (Wildman–Crippen MR) is 64.9 cm³/mol. The Morgan fingerprint density at radius 3 is 2.61 bits per heavy atom. The van der Waals surface area contributed by atoms with E-state index in [1.165, 1.54) is 13.4 Å². The second kappa shape index (κ2) is 5.13. The van der Waals surface area contributed by atoms with Crippen LogP contribution in [0.2, 0.25) is 0 Å². The normalized spacial score (nSPS) is 9.83. The van der Waals surface area contributed by atoms with Gasteiger partial charge in [0.05, 0.1) is 7.11 Å². The number of benzene rings is 1. The third-order valence-corrected chi connectivity index (χ3v) is 2.27. The summed E-state index contributed by atoms with van der Waals surface area (Å²) in [5.41, 5.74) is 5.68. The number of hydrogen-bond acceptors (Lipinski definition) is 6. The molecule has 0 atom stereocenters. The first-order chi connectivity index (χ1) is 8.76. The molecule has 18 heavy (non-hydrogen) atoms. The van der Waals surface area contributed by atoms with Gasteiger partial charge in [-0.25, -0.2) is 9.97 Å². The number of rotatable bonds is 4. The van der Waals surface area contributed by atoms with Gasteiger partial charge in [0.1, 0.15) is 17.7 Å². The maximum absolute atomic E-state index is 10.9. The molecule has 0 saturated carbocycles. The molecule has 0 aliphatic carbocycles. The molecule has 0 unspecified atom stereocenters. The molecule has 0 fully saturated rings. The van der Waals surface area contributed by atoms with E-state index in [0.717, 1.165) is 0 Å². The number of nitrogen functional groups attached to an aromatic ring is 1. The molecule has 1 heterocycles. The number of para-hydroxylation sites is 2. The Morgan fingerprint density at radius 2 is 1.94 bits per heavy atom. The van der Waals surface area contributed by atoms with Crippen LogP contribution in [0.15, 0.2) is 30.6 Å². The second-order valence-electron chi connectivity index (χ2n) is 3.35. The number of nitrogens with two attached hydrogens (primary N) is 1. The number of aromatic nitrogens is 2. The van der Waals surface area contributed by atoms with Crippen LogP contribution in [0.25, 0.3) is 0 Å². The van der Waals surface area contributed by atoms with Gasteiger partial charge in [-0.3, -0.25) is 4.79 Å². The van der Waals surface area contributed by atoms with Gasteiger partial charge in [0, 0.05) is 0 Å². The van der Waals surface area contributed by atoms with Crippen LogP contribution in [-0.4, -0.2) is 23.4 Å². The molecule has 0 spiro atoms. The third-order valence-electron chi connectivity index (χ3n) is 2.27. The molecule has 2 N–H and O–H groups in total. The molecule has 1 aromatic heterocycles. The van der Waals surface area contributed by atoms with Crippen LogP contribution in [0.5, 0.6) is 17.4 Å². The van der Waals surface area contributed by atoms with E-state index in [1.807, 2.05) is 0 Å². The zero-order valence-corrected chi connectivity index (χ0v) is 9.66. The van der Waals surface area contributed by atoms with Crippen LogP contribution < -0.4 is 15.2 Å². The smallest absolute Gasteiger partial charge is 0.235 e. The zero-order chi connectivity index (χ0) is 13.0. The van der Waals surface area contributed by atoms with Crippen molar-refractivity contribution in [3.8, 4) is 17.4 Å². The van der Waals surface area contributed by atoms with E-state index in [1.54, 1.807) is 24.3 Å². The topological polar surface area (TPSA) is 87.3 Å². The first kappa shape index (κ1) is 11.8. The van der Waals surface area contributed by atoms with Crippen LogP contribution in [0.1, 0.15) is 10.4 Å². The molecule has 6 heteroatoms. The van der Waals surface area contributed by atoms with E-state index >= 15 is 0 Å². The van der Waals surface area contributed by atoms with Crippen LogP contribution in [0.4, 0.5) is 5.82 Å². The monoisotopic (exact) mass is 245 g/mol. The summed E-state index contributed by atoms with van der Waals surface area (Å²) in [6, 6.07) is 7.02. The maximum atomic E-state index is 10.9. The fourth-order valence-corrected chi connectivity index (χ4v) is 1.39. The van der Waals surface area contributed by atoms with Crippen LogP contribution in [0.3, 0.4) is 0 Å². The molecular formula is C12H11N3O3. The van der Waals surface area contributed by atoms with Crippen molar-refractivity contribution in [3.63, 3.8) is 0 Å². The Hall–Kier alpha value is -2.63. The highest BCUT2D eigenvalue weighted by molar-refractivity contribution is 5.84. The highest BCUT2D eigenvalue weighted by Gasteiger charge is 2.12. The molecule has 6 nitrogen and oxygen atoms in total. The Labute approximate surface area is 103 Å². The molecule has 0 bridgehead atoms. The molecule has 0 aliphatic heterocycles. The summed E-state index contributed by atoms with van der Waals surface area (Å²) < 4.78 is 10.6. The van der Waals surface area contributed by atoms with E-state index in [0.29, 0.717) is 17.8 Å². The van der Waals surface area contributed by atoms with E-state index in [9.17, 15) is 4.79 Å². The summed E-state index contributed by atoms with van der Waals surface area (Å²) in [7, 11) is 1.52. The van der Waals surface area contributed by atoms with Crippen LogP contribution in [0, 0.1) is 0 Å².